The fourth-order valence-corrected chi connectivity index (χ4v) is 2.45. The molecule has 0 radical (unpaired) electrons. The molecule has 0 saturated carbocycles. The average molecular weight is 237 g/mol. The zero-order valence-electron chi connectivity index (χ0n) is 11.3. The van der Waals surface area contributed by atoms with E-state index in [-0.39, 0.29) is 5.54 Å². The van der Waals surface area contributed by atoms with Crippen LogP contribution in [0.15, 0.2) is 10.6 Å². The maximum atomic E-state index is 5.57. The van der Waals surface area contributed by atoms with Crippen molar-refractivity contribution in [1.29, 1.82) is 0 Å². The normalized spacial score (nSPS) is 25.1. The fraction of sp³-hybridized carbons (Fsp3) is 0.769. The van der Waals surface area contributed by atoms with Gasteiger partial charge in [0.2, 0.25) is 5.89 Å². The first-order valence-electron chi connectivity index (χ1n) is 6.40. The number of hydrogen-bond acceptors (Lipinski definition) is 4. The minimum absolute atomic E-state index is 0.174. The third-order valence-electron chi connectivity index (χ3n) is 3.41. The van der Waals surface area contributed by atoms with Crippen LogP contribution in [0.25, 0.3) is 0 Å². The zero-order valence-corrected chi connectivity index (χ0v) is 11.3. The summed E-state index contributed by atoms with van der Waals surface area (Å²) in [5.41, 5.74) is 0.174. The summed E-state index contributed by atoms with van der Waals surface area (Å²) in [5, 5.41) is 3.59. The summed E-state index contributed by atoms with van der Waals surface area (Å²) in [5.74, 6) is 1.72. The van der Waals surface area contributed by atoms with E-state index in [1.807, 2.05) is 6.92 Å². The Kier molecular flexibility index (Phi) is 3.54. The second-order valence-corrected chi connectivity index (χ2v) is 5.60. The van der Waals surface area contributed by atoms with Gasteiger partial charge in [0.05, 0.1) is 12.7 Å². The van der Waals surface area contributed by atoms with E-state index in [1.54, 1.807) is 6.20 Å². The molecule has 1 aliphatic heterocycles. The number of hydrogen-bond donors (Lipinski definition) is 1. The largest absolute Gasteiger partial charge is 0.445 e. The van der Waals surface area contributed by atoms with Crippen LogP contribution in [0.5, 0.6) is 0 Å². The van der Waals surface area contributed by atoms with Crippen LogP contribution in [0.1, 0.15) is 38.8 Å². The molecule has 2 rings (SSSR count). The van der Waals surface area contributed by atoms with E-state index in [0.29, 0.717) is 6.04 Å². The number of nitrogens with zero attached hydrogens (tertiary/aromatic N) is 2. The third kappa shape index (κ3) is 3.07. The molecule has 2 heterocycles. The van der Waals surface area contributed by atoms with Gasteiger partial charge in [0, 0.05) is 24.7 Å². The van der Waals surface area contributed by atoms with Gasteiger partial charge in [-0.2, -0.15) is 0 Å². The van der Waals surface area contributed by atoms with Crippen molar-refractivity contribution in [2.24, 2.45) is 0 Å². The maximum absolute atomic E-state index is 5.57. The molecule has 0 amide bonds. The van der Waals surface area contributed by atoms with Crippen molar-refractivity contribution in [3.63, 3.8) is 0 Å². The SMILES string of the molecule is CCC1CNC(C)(C)CN1Cc1ncc(C)o1. The number of oxazole rings is 1. The molecule has 1 aromatic rings. The van der Waals surface area contributed by atoms with Crippen molar-refractivity contribution in [3.05, 3.63) is 17.8 Å². The van der Waals surface area contributed by atoms with E-state index in [0.717, 1.165) is 37.7 Å². The average Bonchev–Trinajstić information content (AvgIpc) is 2.63. The molecule has 4 nitrogen and oxygen atoms in total. The van der Waals surface area contributed by atoms with Crippen LogP contribution in [0.2, 0.25) is 0 Å². The monoisotopic (exact) mass is 237 g/mol. The van der Waals surface area contributed by atoms with E-state index in [9.17, 15) is 0 Å². The lowest BCUT2D eigenvalue weighted by molar-refractivity contribution is 0.0774. The predicted molar refractivity (Wildman–Crippen MR) is 67.8 cm³/mol. The minimum Gasteiger partial charge on any atom is -0.445 e. The molecule has 0 aromatic carbocycles. The summed E-state index contributed by atoms with van der Waals surface area (Å²) >= 11 is 0. The van der Waals surface area contributed by atoms with E-state index >= 15 is 0 Å². The highest BCUT2D eigenvalue weighted by molar-refractivity contribution is 4.96. The maximum Gasteiger partial charge on any atom is 0.208 e. The summed E-state index contributed by atoms with van der Waals surface area (Å²) in [6.45, 7) is 11.6. The molecule has 1 fully saturated rings. The van der Waals surface area contributed by atoms with Gasteiger partial charge in [0.1, 0.15) is 5.76 Å². The van der Waals surface area contributed by atoms with Crippen LogP contribution in [0, 0.1) is 6.92 Å². The van der Waals surface area contributed by atoms with Gasteiger partial charge < -0.3 is 9.73 Å². The molecule has 4 heteroatoms. The molecule has 96 valence electrons. The van der Waals surface area contributed by atoms with Crippen LogP contribution in [0.4, 0.5) is 0 Å². The fourth-order valence-electron chi connectivity index (χ4n) is 2.45. The Hall–Kier alpha value is -0.870. The Labute approximate surface area is 103 Å². The molecule has 1 unspecified atom stereocenters. The number of nitrogens with one attached hydrogen (secondary N) is 1. The lowest BCUT2D eigenvalue weighted by Gasteiger charge is -2.43. The molecular weight excluding hydrogens is 214 g/mol. The topological polar surface area (TPSA) is 41.3 Å². The molecule has 1 aromatic heterocycles. The van der Waals surface area contributed by atoms with E-state index in [2.05, 4.69) is 36.0 Å². The highest BCUT2D eigenvalue weighted by atomic mass is 16.4. The molecule has 1 atom stereocenters. The summed E-state index contributed by atoms with van der Waals surface area (Å²) < 4.78 is 5.57. The van der Waals surface area contributed by atoms with Crippen molar-refractivity contribution in [1.82, 2.24) is 15.2 Å². The summed E-state index contributed by atoms with van der Waals surface area (Å²) in [6, 6.07) is 0.579. The molecular formula is C13H23N3O. The van der Waals surface area contributed by atoms with Crippen molar-refractivity contribution in [3.8, 4) is 0 Å². The van der Waals surface area contributed by atoms with Gasteiger partial charge in [-0.1, -0.05) is 6.92 Å². The predicted octanol–water partition coefficient (Wildman–Crippen LogP) is 1.95. The van der Waals surface area contributed by atoms with Gasteiger partial charge >= 0.3 is 0 Å². The highest BCUT2D eigenvalue weighted by Gasteiger charge is 2.32. The van der Waals surface area contributed by atoms with Gasteiger partial charge in [0.25, 0.3) is 0 Å². The molecule has 0 aliphatic carbocycles. The highest BCUT2D eigenvalue weighted by Crippen LogP contribution is 2.19. The van der Waals surface area contributed by atoms with Gasteiger partial charge in [-0.15, -0.1) is 0 Å². The van der Waals surface area contributed by atoms with Crippen molar-refractivity contribution in [2.45, 2.75) is 52.2 Å². The second-order valence-electron chi connectivity index (χ2n) is 5.60. The van der Waals surface area contributed by atoms with Crippen LogP contribution >= 0.6 is 0 Å². The van der Waals surface area contributed by atoms with Crippen molar-refractivity contribution in [2.75, 3.05) is 13.1 Å². The first kappa shape index (κ1) is 12.6. The number of rotatable bonds is 3. The standard InChI is InChI=1S/C13H23N3O/c1-5-11-7-15-13(3,4)9-16(11)8-12-14-6-10(2)17-12/h6,11,15H,5,7-9H2,1-4H3. The summed E-state index contributed by atoms with van der Waals surface area (Å²) in [6.07, 6.45) is 2.95. The molecule has 1 N–H and O–H groups in total. The minimum atomic E-state index is 0.174. The van der Waals surface area contributed by atoms with Crippen LogP contribution < -0.4 is 5.32 Å². The van der Waals surface area contributed by atoms with Gasteiger partial charge in [0.15, 0.2) is 0 Å². The molecule has 17 heavy (non-hydrogen) atoms. The summed E-state index contributed by atoms with van der Waals surface area (Å²) in [4.78, 5) is 6.77. The number of aryl methyl sites for hydroxylation is 1. The van der Waals surface area contributed by atoms with Crippen LogP contribution in [0.3, 0.4) is 0 Å². The smallest absolute Gasteiger partial charge is 0.208 e. The van der Waals surface area contributed by atoms with Crippen LogP contribution in [-0.4, -0.2) is 34.6 Å². The molecule has 0 bridgehead atoms. The Bertz CT molecular complexity index is 372. The van der Waals surface area contributed by atoms with Crippen LogP contribution in [-0.2, 0) is 6.54 Å². The third-order valence-corrected chi connectivity index (χ3v) is 3.41. The first-order valence-corrected chi connectivity index (χ1v) is 6.40. The molecule has 0 spiro atoms. The Morgan fingerprint density at radius 1 is 1.59 bits per heavy atom. The first-order chi connectivity index (χ1) is 8.00. The zero-order chi connectivity index (χ0) is 12.5. The van der Waals surface area contributed by atoms with E-state index < -0.39 is 0 Å². The second kappa shape index (κ2) is 4.78. The van der Waals surface area contributed by atoms with Gasteiger partial charge in [-0.25, -0.2) is 4.98 Å². The summed E-state index contributed by atoms with van der Waals surface area (Å²) in [7, 11) is 0. The lowest BCUT2D eigenvalue weighted by Crippen LogP contribution is -2.61. The van der Waals surface area contributed by atoms with Crippen molar-refractivity contribution < 1.29 is 4.42 Å². The van der Waals surface area contributed by atoms with E-state index in [1.165, 1.54) is 0 Å². The van der Waals surface area contributed by atoms with Gasteiger partial charge in [-0.3, -0.25) is 4.90 Å². The Balaban J connectivity index is 2.05. The molecule has 1 aliphatic rings. The van der Waals surface area contributed by atoms with E-state index in [4.69, 9.17) is 4.42 Å². The number of aromatic nitrogens is 1. The Morgan fingerprint density at radius 3 is 2.94 bits per heavy atom. The van der Waals surface area contributed by atoms with Gasteiger partial charge in [-0.05, 0) is 27.2 Å². The molecule has 1 saturated heterocycles. The quantitative estimate of drug-likeness (QED) is 0.872. The number of piperazine rings is 1. The lowest BCUT2D eigenvalue weighted by atomic mass is 9.97. The van der Waals surface area contributed by atoms with Crippen molar-refractivity contribution >= 4 is 0 Å². The Morgan fingerprint density at radius 2 is 2.35 bits per heavy atom.